The lowest BCUT2D eigenvalue weighted by Gasteiger charge is -2.49. The van der Waals surface area contributed by atoms with Gasteiger partial charge in [0, 0.05) is 41.8 Å². The van der Waals surface area contributed by atoms with Crippen LogP contribution in [0.4, 0.5) is 4.39 Å². The molecule has 1 aromatic rings. The van der Waals surface area contributed by atoms with E-state index in [1.165, 1.54) is 38.2 Å². The van der Waals surface area contributed by atoms with Crippen molar-refractivity contribution < 1.29 is 4.39 Å². The van der Waals surface area contributed by atoms with Crippen molar-refractivity contribution in [3.8, 4) is 0 Å². The summed E-state index contributed by atoms with van der Waals surface area (Å²) in [5, 5.41) is 4.30. The largest absolute Gasteiger partial charge is 0.308 e. The summed E-state index contributed by atoms with van der Waals surface area (Å²) in [7, 11) is 0. The van der Waals surface area contributed by atoms with Gasteiger partial charge < -0.3 is 5.32 Å². The van der Waals surface area contributed by atoms with Crippen LogP contribution in [-0.4, -0.2) is 29.6 Å². The quantitative estimate of drug-likeness (QED) is 0.889. The van der Waals surface area contributed by atoms with Crippen LogP contribution in [0.5, 0.6) is 0 Å². The normalized spacial score (nSPS) is 26.1. The first-order valence-corrected chi connectivity index (χ1v) is 8.39. The van der Waals surface area contributed by atoms with Crippen LogP contribution in [0.3, 0.4) is 0 Å². The maximum Gasteiger partial charge on any atom is 0.129 e. The van der Waals surface area contributed by atoms with E-state index in [0.717, 1.165) is 13.1 Å². The van der Waals surface area contributed by atoms with E-state index in [1.807, 2.05) is 0 Å². The Morgan fingerprint density at radius 1 is 1.33 bits per heavy atom. The second-order valence-corrected chi connectivity index (χ2v) is 7.08. The molecule has 4 heteroatoms. The average molecular weight is 311 g/mol. The number of nitrogens with zero attached hydrogens (tertiary/aromatic N) is 1. The molecule has 0 aromatic heterocycles. The summed E-state index contributed by atoms with van der Waals surface area (Å²) in [5.41, 5.74) is 0.876. The number of hydrogen-bond acceptors (Lipinski definition) is 2. The van der Waals surface area contributed by atoms with Crippen LogP contribution < -0.4 is 5.32 Å². The van der Waals surface area contributed by atoms with Gasteiger partial charge in [-0.15, -0.1) is 0 Å². The average Bonchev–Trinajstić information content (AvgIpc) is 2.48. The summed E-state index contributed by atoms with van der Waals surface area (Å²) in [4.78, 5) is 2.39. The first-order chi connectivity index (χ1) is 10.1. The maximum atomic E-state index is 14.0. The molecule has 1 unspecified atom stereocenters. The van der Waals surface area contributed by atoms with Gasteiger partial charge in [0.1, 0.15) is 5.82 Å². The Bertz CT molecular complexity index is 479. The third-order valence-corrected chi connectivity index (χ3v) is 5.49. The van der Waals surface area contributed by atoms with Gasteiger partial charge in [-0.2, -0.15) is 0 Å². The molecule has 1 aliphatic heterocycles. The van der Waals surface area contributed by atoms with Gasteiger partial charge in [-0.25, -0.2) is 4.39 Å². The fraction of sp³-hybridized carbons (Fsp3) is 0.647. The Labute approximate surface area is 131 Å². The van der Waals surface area contributed by atoms with Crippen molar-refractivity contribution in [3.63, 3.8) is 0 Å². The van der Waals surface area contributed by atoms with Crippen LogP contribution in [0.2, 0.25) is 5.02 Å². The van der Waals surface area contributed by atoms with Crippen molar-refractivity contribution in [1.82, 2.24) is 10.2 Å². The maximum absolute atomic E-state index is 14.0. The van der Waals surface area contributed by atoms with Gasteiger partial charge in [-0.3, -0.25) is 4.90 Å². The highest BCUT2D eigenvalue weighted by Gasteiger charge is 2.38. The van der Waals surface area contributed by atoms with Gasteiger partial charge in [0.25, 0.3) is 0 Å². The summed E-state index contributed by atoms with van der Waals surface area (Å²) < 4.78 is 14.0. The summed E-state index contributed by atoms with van der Waals surface area (Å²) in [6.45, 7) is 4.79. The Balaban J connectivity index is 1.77. The summed E-state index contributed by atoms with van der Waals surface area (Å²) >= 11 is 6.19. The van der Waals surface area contributed by atoms with Gasteiger partial charge in [0.15, 0.2) is 0 Å². The second-order valence-electron chi connectivity index (χ2n) is 6.68. The zero-order chi connectivity index (χ0) is 14.9. The highest BCUT2D eigenvalue weighted by molar-refractivity contribution is 6.31. The van der Waals surface area contributed by atoms with E-state index in [-0.39, 0.29) is 11.4 Å². The first kappa shape index (κ1) is 15.3. The van der Waals surface area contributed by atoms with Gasteiger partial charge in [-0.05, 0) is 31.9 Å². The minimum atomic E-state index is -0.189. The number of piperazine rings is 1. The molecule has 0 radical (unpaired) electrons. The standard InChI is InChI=1S/C17H24ClFN2/c1-13-10-20-17(8-3-2-4-9-17)12-21(13)11-14-15(18)6-5-7-16(14)19/h5-7,13,20H,2-4,8-12H2,1H3. The molecule has 2 aliphatic rings. The topological polar surface area (TPSA) is 15.3 Å². The Hall–Kier alpha value is -0.640. The summed E-state index contributed by atoms with van der Waals surface area (Å²) in [6, 6.07) is 5.37. The van der Waals surface area contributed by atoms with Crippen molar-refractivity contribution in [1.29, 1.82) is 0 Å². The van der Waals surface area contributed by atoms with Crippen molar-refractivity contribution in [3.05, 3.63) is 34.6 Å². The highest BCUT2D eigenvalue weighted by Crippen LogP contribution is 2.33. The number of nitrogens with one attached hydrogen (secondary N) is 1. The SMILES string of the molecule is CC1CNC2(CCCCC2)CN1Cc1c(F)cccc1Cl. The number of halogens is 2. The molecule has 1 N–H and O–H groups in total. The lowest BCUT2D eigenvalue weighted by atomic mass is 9.79. The van der Waals surface area contributed by atoms with E-state index >= 15 is 0 Å². The van der Waals surface area contributed by atoms with Crippen LogP contribution in [0, 0.1) is 5.82 Å². The molecule has 0 bridgehead atoms. The van der Waals surface area contributed by atoms with Crippen LogP contribution >= 0.6 is 11.6 Å². The van der Waals surface area contributed by atoms with Crippen molar-refractivity contribution in [2.75, 3.05) is 13.1 Å². The molecule has 2 nitrogen and oxygen atoms in total. The van der Waals surface area contributed by atoms with Crippen LogP contribution in [0.25, 0.3) is 0 Å². The Morgan fingerprint density at radius 3 is 2.81 bits per heavy atom. The first-order valence-electron chi connectivity index (χ1n) is 8.02. The molecule has 1 aromatic carbocycles. The lowest BCUT2D eigenvalue weighted by molar-refractivity contribution is 0.0566. The van der Waals surface area contributed by atoms with Gasteiger partial charge in [0.05, 0.1) is 0 Å². The summed E-state index contributed by atoms with van der Waals surface area (Å²) in [5.74, 6) is -0.189. The van der Waals surface area contributed by atoms with Crippen molar-refractivity contribution in [2.45, 2.75) is 57.2 Å². The molecule has 116 valence electrons. The van der Waals surface area contributed by atoms with Crippen molar-refractivity contribution >= 4 is 11.6 Å². The predicted molar refractivity (Wildman–Crippen MR) is 85.1 cm³/mol. The molecule has 1 heterocycles. The molecule has 1 spiro atoms. The molecular formula is C17H24ClFN2. The number of benzene rings is 1. The Kier molecular flexibility index (Phi) is 4.53. The zero-order valence-electron chi connectivity index (χ0n) is 12.7. The minimum Gasteiger partial charge on any atom is -0.308 e. The number of rotatable bonds is 2. The van der Waals surface area contributed by atoms with Gasteiger partial charge in [0.2, 0.25) is 0 Å². The highest BCUT2D eigenvalue weighted by atomic mass is 35.5. The Morgan fingerprint density at radius 2 is 2.10 bits per heavy atom. The van der Waals surface area contributed by atoms with Gasteiger partial charge >= 0.3 is 0 Å². The lowest BCUT2D eigenvalue weighted by Crippen LogP contribution is -2.63. The molecule has 1 saturated heterocycles. The van der Waals surface area contributed by atoms with E-state index in [0.29, 0.717) is 23.2 Å². The molecule has 0 amide bonds. The summed E-state index contributed by atoms with van der Waals surface area (Å²) in [6.07, 6.45) is 6.42. The smallest absolute Gasteiger partial charge is 0.129 e. The molecule has 2 fully saturated rings. The van der Waals surface area contributed by atoms with Gasteiger partial charge in [-0.1, -0.05) is 36.9 Å². The molecule has 1 aliphatic carbocycles. The van der Waals surface area contributed by atoms with Crippen LogP contribution in [-0.2, 0) is 6.54 Å². The molecule has 21 heavy (non-hydrogen) atoms. The van der Waals surface area contributed by atoms with E-state index in [1.54, 1.807) is 12.1 Å². The zero-order valence-corrected chi connectivity index (χ0v) is 13.4. The molecular weight excluding hydrogens is 287 g/mol. The molecule has 1 saturated carbocycles. The third kappa shape index (κ3) is 3.25. The number of hydrogen-bond donors (Lipinski definition) is 1. The van der Waals surface area contributed by atoms with Crippen molar-refractivity contribution in [2.24, 2.45) is 0 Å². The van der Waals surface area contributed by atoms with E-state index in [2.05, 4.69) is 17.1 Å². The fourth-order valence-corrected chi connectivity index (χ4v) is 3.98. The van der Waals surface area contributed by atoms with E-state index < -0.39 is 0 Å². The van der Waals surface area contributed by atoms with Crippen LogP contribution in [0.1, 0.15) is 44.6 Å². The molecule has 1 atom stereocenters. The molecule has 3 rings (SSSR count). The second kappa shape index (κ2) is 6.23. The van der Waals surface area contributed by atoms with E-state index in [9.17, 15) is 4.39 Å². The van der Waals surface area contributed by atoms with E-state index in [4.69, 9.17) is 11.6 Å². The predicted octanol–water partition coefficient (Wildman–Crippen LogP) is 3.98. The fourth-order valence-electron chi connectivity index (χ4n) is 3.76. The minimum absolute atomic E-state index is 0.189. The monoisotopic (exact) mass is 310 g/mol. The van der Waals surface area contributed by atoms with Crippen LogP contribution in [0.15, 0.2) is 18.2 Å². The third-order valence-electron chi connectivity index (χ3n) is 5.14.